The van der Waals surface area contributed by atoms with E-state index in [9.17, 15) is 50.7 Å². The second-order valence-corrected chi connectivity index (χ2v) is 27.8. The first-order valence-corrected chi connectivity index (χ1v) is 37.7. The van der Waals surface area contributed by atoms with Gasteiger partial charge in [0, 0.05) is 101 Å². The molecule has 0 radical (unpaired) electrons. The number of rotatable bonds is 26. The number of carboxylic acid groups (broad SMARTS) is 1. The summed E-state index contributed by atoms with van der Waals surface area (Å²) >= 11 is 0. The van der Waals surface area contributed by atoms with E-state index < -0.39 is 5.97 Å². The van der Waals surface area contributed by atoms with E-state index in [-0.39, 0.29) is 88.1 Å². The molecule has 3 fully saturated rings. The standard InChI is InChI=1S/C30H32F2N2O2.C29H31FN2O3.C21H25FN2O.C9H9FO2.CH4O/c31-26-13-10-23(11-14-26)12-15-29(36)34-20-17-30(18-21-34,25-7-2-1-3-8-25)22-28(35)33-19-16-24-6-4-5-9-27(24)32;30-26-14-8-7-11-24(26)15-18-31-27(33)21-29(25-12-5-2-6-13-25)16-19-32(20-17-29)28(34)35-22-23-9-3-1-4-10-23;22-19-9-5-4-6-17(19)10-13-24-20(25)16-21(11-14-23-15-12-21)18-7-2-1-3-8-18;10-8-4-1-7(2-5-8)3-6-9(11)12;1-2/h1-11,13-14H,12,15-22H2,(H,33,35);1-14H,15-22H2,(H,31,33);1-9,23H,10-16H2,(H,24,25);1-2,4-5H,3,6H2,(H,11,12);2H,1H3. The number of hydrogen-bond acceptors (Lipinski definition) is 9. The first-order valence-electron chi connectivity index (χ1n) is 37.7. The number of nitrogens with one attached hydrogen (secondary N) is 4. The number of ether oxygens (including phenoxy) is 1. The molecule has 3 aliphatic heterocycles. The molecular weight excluding hydrogens is 1400 g/mol. The molecule has 0 saturated carbocycles. The van der Waals surface area contributed by atoms with Crippen molar-refractivity contribution >= 4 is 35.7 Å². The summed E-state index contributed by atoms with van der Waals surface area (Å²) < 4.78 is 72.4. The van der Waals surface area contributed by atoms with Crippen molar-refractivity contribution in [1.82, 2.24) is 31.1 Å². The van der Waals surface area contributed by atoms with Crippen LogP contribution in [0, 0.1) is 29.1 Å². The molecule has 3 aliphatic rings. The van der Waals surface area contributed by atoms with Crippen LogP contribution in [0.1, 0.15) is 121 Å². The second-order valence-electron chi connectivity index (χ2n) is 27.8. The minimum Gasteiger partial charge on any atom is -0.481 e. The van der Waals surface area contributed by atoms with Crippen molar-refractivity contribution in [2.24, 2.45) is 0 Å². The van der Waals surface area contributed by atoms with Crippen LogP contribution in [0.15, 0.2) is 243 Å². The lowest BCUT2D eigenvalue weighted by molar-refractivity contribution is -0.137. The Bertz CT molecular complexity index is 4280. The molecule has 3 saturated heterocycles. The van der Waals surface area contributed by atoms with Crippen molar-refractivity contribution in [2.45, 2.75) is 126 Å². The van der Waals surface area contributed by atoms with Gasteiger partial charge in [0.25, 0.3) is 0 Å². The fraction of sp³-hybridized carbons (Fsp3) is 0.333. The summed E-state index contributed by atoms with van der Waals surface area (Å²) in [6.45, 7) is 5.51. The highest BCUT2D eigenvalue weighted by molar-refractivity contribution is 5.80. The number of likely N-dealkylation sites (tertiary alicyclic amines) is 2. The van der Waals surface area contributed by atoms with Crippen molar-refractivity contribution < 1.29 is 65.7 Å². The third-order valence-corrected chi connectivity index (χ3v) is 20.6. The Hall–Kier alpha value is -10.8. The molecule has 580 valence electrons. The number of nitrogens with zero attached hydrogens (tertiary/aromatic N) is 2. The quantitative estimate of drug-likeness (QED) is 0.0283. The fourth-order valence-electron chi connectivity index (χ4n) is 14.3. The Morgan fingerprint density at radius 1 is 0.382 bits per heavy atom. The Morgan fingerprint density at radius 3 is 1.05 bits per heavy atom. The molecule has 3 heterocycles. The summed E-state index contributed by atoms with van der Waals surface area (Å²) in [5.74, 6) is -2.15. The zero-order valence-electron chi connectivity index (χ0n) is 62.5. The van der Waals surface area contributed by atoms with Crippen LogP contribution in [0.5, 0.6) is 0 Å². The molecular formula is C90H101F5N6O9. The SMILES string of the molecule is CO.O=C(CC1(c2ccccc2)CCN(C(=O)CCc2ccc(F)cc2)CC1)NCCc1ccccc1F.O=C(CC1(c2ccccc2)CCN(C(=O)OCc2ccccc2)CC1)NCCc1ccccc1F.O=C(CC1(c2ccccc2)CCNCC1)NCCc1ccccc1F.O=C(O)CCc1ccc(F)cc1. The van der Waals surface area contributed by atoms with Crippen LogP contribution >= 0.6 is 0 Å². The van der Waals surface area contributed by atoms with E-state index >= 15 is 0 Å². The van der Waals surface area contributed by atoms with E-state index in [1.54, 1.807) is 77.7 Å². The molecule has 0 spiro atoms. The summed E-state index contributed by atoms with van der Waals surface area (Å²) in [5.41, 5.74) is 7.17. The number of aryl methyl sites for hydroxylation is 2. The molecule has 0 aliphatic carbocycles. The molecule has 0 aromatic heterocycles. The highest BCUT2D eigenvalue weighted by Crippen LogP contribution is 2.41. The lowest BCUT2D eigenvalue weighted by atomic mass is 9.70. The fourth-order valence-corrected chi connectivity index (χ4v) is 14.3. The Morgan fingerprint density at radius 2 is 0.700 bits per heavy atom. The van der Waals surface area contributed by atoms with Crippen LogP contribution in [0.3, 0.4) is 0 Å². The van der Waals surface area contributed by atoms with E-state index in [1.807, 2.05) is 95.9 Å². The number of carboxylic acids is 1. The van der Waals surface area contributed by atoms with Crippen LogP contribution < -0.4 is 21.3 Å². The van der Waals surface area contributed by atoms with Gasteiger partial charge in [-0.2, -0.15) is 0 Å². The molecule has 0 bridgehead atoms. The van der Waals surface area contributed by atoms with Gasteiger partial charge < -0.3 is 46.0 Å². The number of hydrogen-bond donors (Lipinski definition) is 6. The number of aliphatic carboxylic acids is 1. The predicted molar refractivity (Wildman–Crippen MR) is 418 cm³/mol. The van der Waals surface area contributed by atoms with Crippen molar-refractivity contribution in [3.8, 4) is 0 Å². The Labute approximate surface area is 642 Å². The number of aliphatic hydroxyl groups excluding tert-OH is 1. The van der Waals surface area contributed by atoms with Crippen molar-refractivity contribution in [1.29, 1.82) is 0 Å². The zero-order valence-corrected chi connectivity index (χ0v) is 62.5. The summed E-state index contributed by atoms with van der Waals surface area (Å²) in [6, 6.07) is 72.0. The topological polar surface area (TPSA) is 207 Å². The van der Waals surface area contributed by atoms with Crippen LogP contribution in [0.2, 0.25) is 0 Å². The Balaban J connectivity index is 0.000000193. The first kappa shape index (κ1) is 84.8. The number of piperidine rings is 3. The average Bonchev–Trinajstić information content (AvgIpc) is 0.799. The van der Waals surface area contributed by atoms with Crippen LogP contribution in [0.25, 0.3) is 0 Å². The summed E-state index contributed by atoms with van der Waals surface area (Å²) in [7, 11) is 1.00. The Kier molecular flexibility index (Phi) is 34.4. The van der Waals surface area contributed by atoms with Crippen LogP contribution in [0.4, 0.5) is 26.7 Å². The summed E-state index contributed by atoms with van der Waals surface area (Å²) in [6.07, 6.45) is 8.31. The van der Waals surface area contributed by atoms with Crippen molar-refractivity contribution in [3.05, 3.63) is 322 Å². The summed E-state index contributed by atoms with van der Waals surface area (Å²) in [4.78, 5) is 77.7. The van der Waals surface area contributed by atoms with Gasteiger partial charge >= 0.3 is 12.1 Å². The van der Waals surface area contributed by atoms with Gasteiger partial charge in [0.05, 0.1) is 0 Å². The van der Waals surface area contributed by atoms with Gasteiger partial charge in [-0.05, 0) is 176 Å². The van der Waals surface area contributed by atoms with Gasteiger partial charge in [-0.1, -0.05) is 200 Å². The highest BCUT2D eigenvalue weighted by Gasteiger charge is 2.41. The van der Waals surface area contributed by atoms with Gasteiger partial charge in [-0.15, -0.1) is 0 Å². The maximum absolute atomic E-state index is 13.9. The molecule has 5 amide bonds. The normalized spacial score (nSPS) is 14.4. The molecule has 6 N–H and O–H groups in total. The average molecular weight is 1510 g/mol. The largest absolute Gasteiger partial charge is 0.481 e. The molecule has 9 aromatic rings. The van der Waals surface area contributed by atoms with Gasteiger partial charge in [-0.25, -0.2) is 26.7 Å². The maximum atomic E-state index is 13.9. The number of carbonyl (C=O) groups excluding carboxylic acids is 5. The van der Waals surface area contributed by atoms with E-state index in [0.29, 0.717) is 146 Å². The molecule has 0 atom stereocenters. The van der Waals surface area contributed by atoms with E-state index in [1.165, 1.54) is 48.0 Å². The lowest BCUT2D eigenvalue weighted by Gasteiger charge is -2.42. The molecule has 9 aromatic carbocycles. The lowest BCUT2D eigenvalue weighted by Crippen LogP contribution is -2.47. The number of carbonyl (C=O) groups is 6. The molecule has 0 unspecified atom stereocenters. The minimum atomic E-state index is -0.834. The first-order chi connectivity index (χ1) is 53.4. The monoisotopic (exact) mass is 1500 g/mol. The third kappa shape index (κ3) is 27.1. The number of benzene rings is 9. The summed E-state index contributed by atoms with van der Waals surface area (Å²) in [5, 5.41) is 27.6. The maximum Gasteiger partial charge on any atom is 0.410 e. The third-order valence-electron chi connectivity index (χ3n) is 20.6. The number of halogens is 5. The second kappa shape index (κ2) is 44.6. The van der Waals surface area contributed by atoms with E-state index in [4.69, 9.17) is 14.9 Å². The molecule has 110 heavy (non-hydrogen) atoms. The number of aliphatic hydroxyl groups is 1. The van der Waals surface area contributed by atoms with Gasteiger partial charge in [0.15, 0.2) is 0 Å². The smallest absolute Gasteiger partial charge is 0.410 e. The zero-order chi connectivity index (χ0) is 78.4. The minimum absolute atomic E-state index is 0.0436. The van der Waals surface area contributed by atoms with E-state index in [2.05, 4.69) is 57.7 Å². The van der Waals surface area contributed by atoms with Gasteiger partial charge in [0.2, 0.25) is 23.6 Å². The van der Waals surface area contributed by atoms with Crippen molar-refractivity contribution in [2.75, 3.05) is 66.0 Å². The highest BCUT2D eigenvalue weighted by atomic mass is 19.1. The predicted octanol–water partition coefficient (Wildman–Crippen LogP) is 15.1. The molecule has 20 heteroatoms. The van der Waals surface area contributed by atoms with Gasteiger partial charge in [0.1, 0.15) is 35.7 Å². The van der Waals surface area contributed by atoms with Crippen molar-refractivity contribution in [3.63, 3.8) is 0 Å². The van der Waals surface area contributed by atoms with Crippen LogP contribution in [-0.4, -0.2) is 122 Å². The van der Waals surface area contributed by atoms with E-state index in [0.717, 1.165) is 60.9 Å². The number of amides is 5. The molecule has 15 nitrogen and oxygen atoms in total. The van der Waals surface area contributed by atoms with Crippen LogP contribution in [-0.2, 0) is 83.7 Å². The van der Waals surface area contributed by atoms with Gasteiger partial charge in [-0.3, -0.25) is 24.0 Å². The molecule has 12 rings (SSSR count).